The van der Waals surface area contributed by atoms with Crippen LogP contribution >= 0.6 is 0 Å². The fraction of sp³-hybridized carbons (Fsp3) is 0.652. The third-order valence-electron chi connectivity index (χ3n) is 6.61. The minimum Gasteiger partial charge on any atom is -0.352 e. The van der Waals surface area contributed by atoms with E-state index in [0.717, 1.165) is 23.3 Å². The van der Waals surface area contributed by atoms with Gasteiger partial charge in [-0.15, -0.1) is 0 Å². The lowest BCUT2D eigenvalue weighted by Crippen LogP contribution is -2.50. The van der Waals surface area contributed by atoms with Gasteiger partial charge in [-0.3, -0.25) is 9.89 Å². The summed E-state index contributed by atoms with van der Waals surface area (Å²) in [7, 11) is 3.61. The molecule has 2 fully saturated rings. The number of aryl methyl sites for hydroxylation is 1. The molecule has 0 bridgehead atoms. The summed E-state index contributed by atoms with van der Waals surface area (Å²) < 4.78 is 0. The number of H-pyrrole nitrogens is 1. The highest BCUT2D eigenvalue weighted by Crippen LogP contribution is 2.38. The van der Waals surface area contributed by atoms with E-state index in [1.807, 2.05) is 14.0 Å². The molecule has 2 saturated carbocycles. The largest absolute Gasteiger partial charge is 0.352 e. The molecule has 31 heavy (non-hydrogen) atoms. The summed E-state index contributed by atoms with van der Waals surface area (Å²) in [6.45, 7) is 8.72. The number of carbonyl (C=O) groups is 1. The molecule has 2 heterocycles. The van der Waals surface area contributed by atoms with Crippen LogP contribution in [0.1, 0.15) is 80.8 Å². The van der Waals surface area contributed by atoms with Gasteiger partial charge in [-0.2, -0.15) is 5.10 Å². The Morgan fingerprint density at radius 2 is 1.94 bits per heavy atom. The van der Waals surface area contributed by atoms with Crippen LogP contribution in [0.4, 0.5) is 11.5 Å². The van der Waals surface area contributed by atoms with Crippen molar-refractivity contribution in [3.05, 3.63) is 29.5 Å². The van der Waals surface area contributed by atoms with Crippen LogP contribution in [0.25, 0.3) is 0 Å². The molecule has 2 aromatic heterocycles. The molecule has 8 nitrogen and oxygen atoms in total. The molecule has 2 aliphatic carbocycles. The first-order valence-corrected chi connectivity index (χ1v) is 11.3. The lowest BCUT2D eigenvalue weighted by molar-refractivity contribution is 0.0952. The van der Waals surface area contributed by atoms with Crippen LogP contribution in [0.5, 0.6) is 0 Å². The molecule has 2 aliphatic rings. The molecule has 0 radical (unpaired) electrons. The standard InChI is InChI=1S/C16H22N6O.C7H15N/c1-9-4-5-11(6-9)12-7-14(22-21-12)20-13-8-18-15(16(23)17-3)19-10(13)2;1-6-4-7(2,5-6)8-3/h7-9,11H,4-6H2,1-3H3,(H,17,23)(H2,20,21,22);6,8H,4-5H2,1-3H3. The van der Waals surface area contributed by atoms with Crippen LogP contribution in [0.3, 0.4) is 0 Å². The number of amides is 1. The molecule has 170 valence electrons. The lowest BCUT2D eigenvalue weighted by Gasteiger charge is -2.43. The predicted molar refractivity (Wildman–Crippen MR) is 124 cm³/mol. The molecular weight excluding hydrogens is 390 g/mol. The zero-order valence-corrected chi connectivity index (χ0v) is 19.7. The van der Waals surface area contributed by atoms with E-state index >= 15 is 0 Å². The fourth-order valence-electron chi connectivity index (χ4n) is 4.73. The summed E-state index contributed by atoms with van der Waals surface area (Å²) in [4.78, 5) is 19.8. The summed E-state index contributed by atoms with van der Waals surface area (Å²) in [6.07, 6.45) is 8.02. The number of hydrogen-bond acceptors (Lipinski definition) is 6. The van der Waals surface area contributed by atoms with Gasteiger partial charge in [0.05, 0.1) is 17.6 Å². The Balaban J connectivity index is 0.000000287. The quantitative estimate of drug-likeness (QED) is 0.576. The monoisotopic (exact) mass is 427 g/mol. The molecule has 0 saturated heterocycles. The highest BCUT2D eigenvalue weighted by Gasteiger charge is 2.35. The first kappa shape index (κ1) is 23.2. The summed E-state index contributed by atoms with van der Waals surface area (Å²) in [5.41, 5.74) is 3.12. The number of nitrogens with one attached hydrogen (secondary N) is 4. The average Bonchev–Trinajstić information content (AvgIpc) is 3.37. The van der Waals surface area contributed by atoms with Crippen LogP contribution in [-0.4, -0.2) is 45.7 Å². The highest BCUT2D eigenvalue weighted by molar-refractivity contribution is 5.90. The molecule has 0 aromatic carbocycles. The Labute approximate surface area is 185 Å². The maximum Gasteiger partial charge on any atom is 0.288 e. The zero-order valence-electron chi connectivity index (χ0n) is 19.7. The summed E-state index contributed by atoms with van der Waals surface area (Å²) in [5.74, 6) is 2.93. The number of nitrogens with zero attached hydrogens (tertiary/aromatic N) is 3. The molecule has 4 rings (SSSR count). The van der Waals surface area contributed by atoms with E-state index in [9.17, 15) is 4.79 Å². The third-order valence-corrected chi connectivity index (χ3v) is 6.61. The number of rotatable bonds is 5. The van der Waals surface area contributed by atoms with Gasteiger partial charge in [0, 0.05) is 30.3 Å². The topological polar surface area (TPSA) is 108 Å². The van der Waals surface area contributed by atoms with E-state index in [4.69, 9.17) is 0 Å². The Kier molecular flexibility index (Phi) is 7.30. The predicted octanol–water partition coefficient (Wildman–Crippen LogP) is 3.91. The van der Waals surface area contributed by atoms with E-state index in [0.29, 0.717) is 17.2 Å². The second-order valence-electron chi connectivity index (χ2n) is 9.54. The van der Waals surface area contributed by atoms with Crippen molar-refractivity contribution in [1.29, 1.82) is 0 Å². The number of hydrogen-bond donors (Lipinski definition) is 4. The number of anilines is 2. The van der Waals surface area contributed by atoms with E-state index in [-0.39, 0.29) is 11.7 Å². The van der Waals surface area contributed by atoms with Crippen LogP contribution in [0.2, 0.25) is 0 Å². The highest BCUT2D eigenvalue weighted by atomic mass is 16.2. The maximum absolute atomic E-state index is 11.5. The fourth-order valence-corrected chi connectivity index (χ4v) is 4.73. The Morgan fingerprint density at radius 3 is 2.45 bits per heavy atom. The van der Waals surface area contributed by atoms with Gasteiger partial charge in [0.2, 0.25) is 5.82 Å². The second kappa shape index (κ2) is 9.77. The van der Waals surface area contributed by atoms with Gasteiger partial charge in [-0.25, -0.2) is 9.97 Å². The van der Waals surface area contributed by atoms with Gasteiger partial charge >= 0.3 is 0 Å². The van der Waals surface area contributed by atoms with Crippen molar-refractivity contribution in [3.8, 4) is 0 Å². The van der Waals surface area contributed by atoms with E-state index in [1.165, 1.54) is 37.8 Å². The van der Waals surface area contributed by atoms with Gasteiger partial charge in [0.1, 0.15) is 0 Å². The van der Waals surface area contributed by atoms with Crippen molar-refractivity contribution in [2.45, 2.75) is 71.3 Å². The Morgan fingerprint density at radius 1 is 1.19 bits per heavy atom. The van der Waals surface area contributed by atoms with Gasteiger partial charge in [-0.1, -0.05) is 20.3 Å². The first-order valence-electron chi connectivity index (χ1n) is 11.3. The maximum atomic E-state index is 11.5. The van der Waals surface area contributed by atoms with Crippen molar-refractivity contribution in [2.24, 2.45) is 11.8 Å². The third kappa shape index (κ3) is 5.81. The summed E-state index contributed by atoms with van der Waals surface area (Å²) in [5, 5.41) is 16.5. The lowest BCUT2D eigenvalue weighted by atomic mass is 9.71. The Bertz CT molecular complexity index is 888. The van der Waals surface area contributed by atoms with Crippen molar-refractivity contribution in [1.82, 2.24) is 30.8 Å². The molecule has 1 amide bonds. The molecule has 4 N–H and O–H groups in total. The number of aromatic nitrogens is 4. The van der Waals surface area contributed by atoms with Crippen molar-refractivity contribution >= 4 is 17.4 Å². The van der Waals surface area contributed by atoms with E-state index in [2.05, 4.69) is 63.0 Å². The average molecular weight is 428 g/mol. The Hall–Kier alpha value is -2.48. The van der Waals surface area contributed by atoms with Gasteiger partial charge < -0.3 is 16.0 Å². The minimum absolute atomic E-state index is 0.165. The minimum atomic E-state index is -0.294. The van der Waals surface area contributed by atoms with E-state index in [1.54, 1.807) is 13.2 Å². The van der Waals surface area contributed by atoms with Crippen LogP contribution in [0, 0.1) is 18.8 Å². The molecule has 0 aliphatic heterocycles. The number of aromatic amines is 1. The molecule has 2 aromatic rings. The molecule has 2 unspecified atom stereocenters. The van der Waals surface area contributed by atoms with Crippen LogP contribution in [0.15, 0.2) is 12.3 Å². The van der Waals surface area contributed by atoms with Crippen LogP contribution < -0.4 is 16.0 Å². The second-order valence-corrected chi connectivity index (χ2v) is 9.54. The van der Waals surface area contributed by atoms with Gasteiger partial charge in [0.25, 0.3) is 5.91 Å². The van der Waals surface area contributed by atoms with Crippen molar-refractivity contribution in [3.63, 3.8) is 0 Å². The zero-order chi connectivity index (χ0) is 22.6. The molecule has 2 atom stereocenters. The van der Waals surface area contributed by atoms with E-state index < -0.39 is 0 Å². The molecule has 0 spiro atoms. The van der Waals surface area contributed by atoms with Gasteiger partial charge in [0.15, 0.2) is 5.82 Å². The SMILES string of the molecule is CNC(=O)c1ncc(Nc2cc(C3CCC(C)C3)[nH]n2)c(C)n1.CNC1(C)CC(C)C1. The van der Waals surface area contributed by atoms with Crippen molar-refractivity contribution < 1.29 is 4.79 Å². The smallest absolute Gasteiger partial charge is 0.288 e. The van der Waals surface area contributed by atoms with Crippen LogP contribution in [-0.2, 0) is 0 Å². The number of carbonyl (C=O) groups excluding carboxylic acids is 1. The summed E-state index contributed by atoms with van der Waals surface area (Å²) >= 11 is 0. The molecular formula is C23H37N7O. The summed E-state index contributed by atoms with van der Waals surface area (Å²) in [6, 6.07) is 2.05. The van der Waals surface area contributed by atoms with Gasteiger partial charge in [-0.05, 0) is 58.4 Å². The van der Waals surface area contributed by atoms with Crippen molar-refractivity contribution in [2.75, 3.05) is 19.4 Å². The normalized spacial score (nSPS) is 27.1. The molecule has 8 heteroatoms. The first-order chi connectivity index (χ1) is 14.7.